The van der Waals surface area contributed by atoms with Crippen LogP contribution in [0, 0.1) is 0 Å². The van der Waals surface area contributed by atoms with Crippen LogP contribution in [-0.2, 0) is 0 Å². The molecule has 1 aromatic carbocycles. The Labute approximate surface area is 106 Å². The van der Waals surface area contributed by atoms with E-state index in [2.05, 4.69) is 20.9 Å². The summed E-state index contributed by atoms with van der Waals surface area (Å²) in [7, 11) is 0. The largest absolute Gasteiger partial charge is 0.397 e. The Balaban J connectivity index is 2.28. The molecule has 2 aromatic rings. The Morgan fingerprint density at radius 3 is 2.62 bits per heavy atom. The minimum atomic E-state index is 0.594. The van der Waals surface area contributed by atoms with E-state index in [9.17, 15) is 0 Å². The van der Waals surface area contributed by atoms with Gasteiger partial charge in [-0.1, -0.05) is 11.8 Å². The fourth-order valence-corrected chi connectivity index (χ4v) is 2.50. The minimum Gasteiger partial charge on any atom is -0.397 e. The van der Waals surface area contributed by atoms with Crippen molar-refractivity contribution in [1.29, 1.82) is 0 Å². The van der Waals surface area contributed by atoms with Crippen molar-refractivity contribution in [2.24, 2.45) is 0 Å². The first kappa shape index (κ1) is 11.3. The Morgan fingerprint density at radius 1 is 1.12 bits per heavy atom. The van der Waals surface area contributed by atoms with E-state index >= 15 is 0 Å². The first-order valence-electron chi connectivity index (χ1n) is 4.60. The average molecular weight is 296 g/mol. The van der Waals surface area contributed by atoms with Crippen molar-refractivity contribution in [3.63, 3.8) is 0 Å². The van der Waals surface area contributed by atoms with E-state index in [1.165, 1.54) is 0 Å². The number of anilines is 2. The highest BCUT2D eigenvalue weighted by molar-refractivity contribution is 9.10. The van der Waals surface area contributed by atoms with Crippen LogP contribution in [0.15, 0.2) is 50.9 Å². The zero-order chi connectivity index (χ0) is 11.5. The molecule has 4 N–H and O–H groups in total. The lowest BCUT2D eigenvalue weighted by Crippen LogP contribution is -1.93. The second-order valence-corrected chi connectivity index (χ2v) is 5.10. The summed E-state index contributed by atoms with van der Waals surface area (Å²) >= 11 is 4.99. The summed E-state index contributed by atoms with van der Waals surface area (Å²) in [6.07, 6.45) is 1.76. The highest BCUT2D eigenvalue weighted by Gasteiger charge is 2.04. The van der Waals surface area contributed by atoms with Crippen LogP contribution >= 0.6 is 27.7 Å². The molecule has 0 saturated heterocycles. The lowest BCUT2D eigenvalue weighted by molar-refractivity contribution is 1.11. The van der Waals surface area contributed by atoms with Gasteiger partial charge in [0.25, 0.3) is 0 Å². The number of nitrogens with zero attached hydrogens (tertiary/aromatic N) is 1. The zero-order valence-electron chi connectivity index (χ0n) is 8.35. The highest BCUT2D eigenvalue weighted by Crippen LogP contribution is 2.33. The van der Waals surface area contributed by atoms with Crippen molar-refractivity contribution in [2.45, 2.75) is 9.92 Å². The standard InChI is InChI=1S/C11H10BrN3S/c12-8-2-1-5-15-11(8)16-7-3-4-9(13)10(14)6-7/h1-6H,13-14H2. The fourth-order valence-electron chi connectivity index (χ4n) is 1.17. The summed E-state index contributed by atoms with van der Waals surface area (Å²) in [5.74, 6) is 0. The number of hydrogen-bond donors (Lipinski definition) is 2. The quantitative estimate of drug-likeness (QED) is 0.835. The molecule has 2 rings (SSSR count). The maximum atomic E-state index is 5.74. The number of pyridine rings is 1. The van der Waals surface area contributed by atoms with Crippen LogP contribution in [0.4, 0.5) is 11.4 Å². The van der Waals surface area contributed by atoms with Crippen molar-refractivity contribution in [3.05, 3.63) is 41.0 Å². The van der Waals surface area contributed by atoms with E-state index in [4.69, 9.17) is 11.5 Å². The van der Waals surface area contributed by atoms with Crippen LogP contribution in [-0.4, -0.2) is 4.98 Å². The van der Waals surface area contributed by atoms with E-state index in [-0.39, 0.29) is 0 Å². The Bertz CT molecular complexity index is 516. The van der Waals surface area contributed by atoms with Gasteiger partial charge in [0.2, 0.25) is 0 Å². The van der Waals surface area contributed by atoms with Crippen molar-refractivity contribution in [3.8, 4) is 0 Å². The Hall–Kier alpha value is -1.20. The molecule has 1 heterocycles. The van der Waals surface area contributed by atoms with Gasteiger partial charge >= 0.3 is 0 Å². The predicted octanol–water partition coefficient (Wildman–Crippen LogP) is 3.16. The summed E-state index contributed by atoms with van der Waals surface area (Å²) in [6, 6.07) is 9.41. The lowest BCUT2D eigenvalue weighted by atomic mass is 10.3. The van der Waals surface area contributed by atoms with E-state index in [0.717, 1.165) is 14.4 Å². The molecule has 3 nitrogen and oxygen atoms in total. The molecule has 0 fully saturated rings. The normalized spacial score (nSPS) is 10.3. The number of aromatic nitrogens is 1. The monoisotopic (exact) mass is 295 g/mol. The molecule has 16 heavy (non-hydrogen) atoms. The maximum absolute atomic E-state index is 5.74. The summed E-state index contributed by atoms with van der Waals surface area (Å²) in [5, 5.41) is 0.909. The molecule has 1 aromatic heterocycles. The smallest absolute Gasteiger partial charge is 0.115 e. The second kappa shape index (κ2) is 4.76. The van der Waals surface area contributed by atoms with Gasteiger partial charge in [-0.2, -0.15) is 0 Å². The fraction of sp³-hybridized carbons (Fsp3) is 0. The molecule has 0 saturated carbocycles. The van der Waals surface area contributed by atoms with E-state index in [0.29, 0.717) is 11.4 Å². The van der Waals surface area contributed by atoms with Crippen molar-refractivity contribution >= 4 is 39.1 Å². The lowest BCUT2D eigenvalue weighted by Gasteiger charge is -2.05. The van der Waals surface area contributed by atoms with Crippen LogP contribution in [0.3, 0.4) is 0 Å². The third-order valence-electron chi connectivity index (χ3n) is 2.00. The van der Waals surface area contributed by atoms with E-state index in [1.54, 1.807) is 24.0 Å². The molecule has 0 aliphatic carbocycles. The Kier molecular flexibility index (Phi) is 3.36. The van der Waals surface area contributed by atoms with Crippen LogP contribution in [0.5, 0.6) is 0 Å². The molecule has 82 valence electrons. The van der Waals surface area contributed by atoms with Crippen LogP contribution in [0.1, 0.15) is 0 Å². The molecular weight excluding hydrogens is 286 g/mol. The number of benzene rings is 1. The van der Waals surface area contributed by atoms with E-state index in [1.807, 2.05) is 24.3 Å². The van der Waals surface area contributed by atoms with Gasteiger partial charge in [0.1, 0.15) is 5.03 Å². The SMILES string of the molecule is Nc1ccc(Sc2ncccc2Br)cc1N. The predicted molar refractivity (Wildman–Crippen MR) is 71.3 cm³/mol. The molecule has 0 atom stereocenters. The van der Waals surface area contributed by atoms with Gasteiger partial charge in [-0.05, 0) is 46.3 Å². The van der Waals surface area contributed by atoms with Gasteiger partial charge in [-0.3, -0.25) is 0 Å². The number of nitrogens with two attached hydrogens (primary N) is 2. The molecule has 5 heteroatoms. The third-order valence-corrected chi connectivity index (χ3v) is 3.91. The summed E-state index contributed by atoms with van der Waals surface area (Å²) in [5.41, 5.74) is 12.6. The van der Waals surface area contributed by atoms with Gasteiger partial charge in [0.15, 0.2) is 0 Å². The third kappa shape index (κ3) is 2.48. The van der Waals surface area contributed by atoms with Gasteiger partial charge in [0, 0.05) is 11.1 Å². The summed E-state index contributed by atoms with van der Waals surface area (Å²) in [4.78, 5) is 5.29. The van der Waals surface area contributed by atoms with Crippen molar-refractivity contribution in [1.82, 2.24) is 4.98 Å². The summed E-state index contributed by atoms with van der Waals surface area (Å²) < 4.78 is 0.968. The van der Waals surface area contributed by atoms with Gasteiger partial charge in [0.05, 0.1) is 15.8 Å². The number of halogens is 1. The van der Waals surface area contributed by atoms with Crippen LogP contribution < -0.4 is 11.5 Å². The van der Waals surface area contributed by atoms with Crippen LogP contribution in [0.25, 0.3) is 0 Å². The Morgan fingerprint density at radius 2 is 1.94 bits per heavy atom. The molecule has 0 bridgehead atoms. The van der Waals surface area contributed by atoms with Gasteiger partial charge in [-0.15, -0.1) is 0 Å². The van der Waals surface area contributed by atoms with E-state index < -0.39 is 0 Å². The van der Waals surface area contributed by atoms with Crippen LogP contribution in [0.2, 0.25) is 0 Å². The molecule has 0 radical (unpaired) electrons. The molecule has 0 unspecified atom stereocenters. The molecular formula is C11H10BrN3S. The molecule has 0 aliphatic rings. The van der Waals surface area contributed by atoms with Gasteiger partial charge in [-0.25, -0.2) is 4.98 Å². The number of hydrogen-bond acceptors (Lipinski definition) is 4. The van der Waals surface area contributed by atoms with Gasteiger partial charge < -0.3 is 11.5 Å². The average Bonchev–Trinajstić information content (AvgIpc) is 2.27. The first-order valence-corrected chi connectivity index (χ1v) is 6.21. The first-order chi connectivity index (χ1) is 7.66. The second-order valence-electron chi connectivity index (χ2n) is 3.18. The zero-order valence-corrected chi connectivity index (χ0v) is 10.8. The maximum Gasteiger partial charge on any atom is 0.115 e. The number of rotatable bonds is 2. The molecule has 0 amide bonds. The highest BCUT2D eigenvalue weighted by atomic mass is 79.9. The topological polar surface area (TPSA) is 64.9 Å². The molecule has 0 spiro atoms. The van der Waals surface area contributed by atoms with Crippen molar-refractivity contribution in [2.75, 3.05) is 11.5 Å². The number of nitrogen functional groups attached to an aromatic ring is 2. The minimum absolute atomic E-state index is 0.594. The summed E-state index contributed by atoms with van der Waals surface area (Å²) in [6.45, 7) is 0. The molecule has 0 aliphatic heterocycles. The van der Waals surface area contributed by atoms with Crippen molar-refractivity contribution < 1.29 is 0 Å².